The van der Waals surface area contributed by atoms with Crippen LogP contribution in [0.4, 0.5) is 8.78 Å². The summed E-state index contributed by atoms with van der Waals surface area (Å²) in [7, 11) is 0. The van der Waals surface area contributed by atoms with Gasteiger partial charge in [-0.25, -0.2) is 8.78 Å². The molecule has 1 aromatic carbocycles. The molecular formula is C20H26F2. The van der Waals surface area contributed by atoms with Crippen molar-refractivity contribution in [2.75, 3.05) is 0 Å². The number of hydrogen-bond donors (Lipinski definition) is 0. The Bertz CT molecular complexity index is 480. The molecule has 2 radical (unpaired) electrons. The summed E-state index contributed by atoms with van der Waals surface area (Å²) in [6.07, 6.45) is 11.2. The summed E-state index contributed by atoms with van der Waals surface area (Å²) in [6, 6.07) is 4.34. The van der Waals surface area contributed by atoms with Crippen LogP contribution in [0.25, 0.3) is 0 Å². The van der Waals surface area contributed by atoms with Crippen molar-refractivity contribution in [3.63, 3.8) is 0 Å². The van der Waals surface area contributed by atoms with Gasteiger partial charge in [-0.05, 0) is 80.4 Å². The van der Waals surface area contributed by atoms with Crippen molar-refractivity contribution in [2.24, 2.45) is 11.8 Å². The minimum atomic E-state index is -0.749. The smallest absolute Gasteiger partial charge is 0.159 e. The van der Waals surface area contributed by atoms with Gasteiger partial charge in [0, 0.05) is 5.92 Å². The first-order valence-corrected chi connectivity index (χ1v) is 8.75. The van der Waals surface area contributed by atoms with Gasteiger partial charge in [0.15, 0.2) is 11.6 Å². The van der Waals surface area contributed by atoms with Gasteiger partial charge < -0.3 is 0 Å². The summed E-state index contributed by atoms with van der Waals surface area (Å²) < 4.78 is 26.4. The SMILES string of the molecule is CC1CC[C](CC2CC[C](c3ccc(F)c(F)c3)CC2)CC1. The van der Waals surface area contributed by atoms with E-state index >= 15 is 0 Å². The van der Waals surface area contributed by atoms with E-state index in [0.29, 0.717) is 0 Å². The van der Waals surface area contributed by atoms with Crippen LogP contribution in [0.5, 0.6) is 0 Å². The molecule has 22 heavy (non-hydrogen) atoms. The van der Waals surface area contributed by atoms with E-state index in [2.05, 4.69) is 6.92 Å². The van der Waals surface area contributed by atoms with Crippen molar-refractivity contribution in [2.45, 2.75) is 64.7 Å². The van der Waals surface area contributed by atoms with Gasteiger partial charge in [0.05, 0.1) is 0 Å². The topological polar surface area (TPSA) is 0 Å². The Morgan fingerprint density at radius 1 is 0.909 bits per heavy atom. The lowest BCUT2D eigenvalue weighted by molar-refractivity contribution is 0.323. The zero-order valence-corrected chi connectivity index (χ0v) is 13.5. The van der Waals surface area contributed by atoms with Gasteiger partial charge in [0.2, 0.25) is 0 Å². The first kappa shape index (κ1) is 16.0. The molecule has 0 spiro atoms. The van der Waals surface area contributed by atoms with Gasteiger partial charge in [-0.2, -0.15) is 0 Å². The van der Waals surface area contributed by atoms with E-state index in [-0.39, 0.29) is 0 Å². The van der Waals surface area contributed by atoms with E-state index in [9.17, 15) is 8.78 Å². The minimum absolute atomic E-state index is 0.723. The zero-order chi connectivity index (χ0) is 15.5. The number of hydrogen-bond acceptors (Lipinski definition) is 0. The third-order valence-corrected chi connectivity index (χ3v) is 5.60. The average molecular weight is 304 g/mol. The Kier molecular flexibility index (Phi) is 5.15. The fraction of sp³-hybridized carbons (Fsp3) is 0.600. The fourth-order valence-corrected chi connectivity index (χ4v) is 4.02. The third kappa shape index (κ3) is 3.88. The summed E-state index contributed by atoms with van der Waals surface area (Å²) in [6.45, 7) is 2.36. The maximum atomic E-state index is 13.4. The maximum absolute atomic E-state index is 13.4. The van der Waals surface area contributed by atoms with Crippen LogP contribution in [0, 0.1) is 35.3 Å². The highest BCUT2D eigenvalue weighted by Crippen LogP contribution is 2.41. The van der Waals surface area contributed by atoms with Crippen LogP contribution in [0.15, 0.2) is 18.2 Å². The Hall–Kier alpha value is -0.920. The molecule has 0 heterocycles. The predicted octanol–water partition coefficient (Wildman–Crippen LogP) is 6.25. The van der Waals surface area contributed by atoms with E-state index in [1.807, 2.05) is 0 Å². The lowest BCUT2D eigenvalue weighted by Crippen LogP contribution is -2.19. The maximum Gasteiger partial charge on any atom is 0.159 e. The molecule has 0 unspecified atom stereocenters. The van der Waals surface area contributed by atoms with Crippen molar-refractivity contribution in [1.29, 1.82) is 0 Å². The second-order valence-corrected chi connectivity index (χ2v) is 7.31. The summed E-state index contributed by atoms with van der Waals surface area (Å²) in [5, 5.41) is 0. The molecular weight excluding hydrogens is 278 g/mol. The van der Waals surface area contributed by atoms with E-state index in [1.54, 1.807) is 12.0 Å². The van der Waals surface area contributed by atoms with Gasteiger partial charge in [0.1, 0.15) is 0 Å². The van der Waals surface area contributed by atoms with Gasteiger partial charge in [-0.3, -0.25) is 0 Å². The molecule has 0 aromatic heterocycles. The van der Waals surface area contributed by atoms with Crippen molar-refractivity contribution in [3.8, 4) is 0 Å². The van der Waals surface area contributed by atoms with Crippen LogP contribution >= 0.6 is 0 Å². The zero-order valence-electron chi connectivity index (χ0n) is 13.5. The molecule has 3 rings (SSSR count). The van der Waals surface area contributed by atoms with Crippen LogP contribution in [-0.4, -0.2) is 0 Å². The van der Waals surface area contributed by atoms with Crippen molar-refractivity contribution in [3.05, 3.63) is 47.2 Å². The Labute approximate surface area is 133 Å². The van der Waals surface area contributed by atoms with Crippen LogP contribution in [0.2, 0.25) is 0 Å². The number of benzene rings is 1. The van der Waals surface area contributed by atoms with Gasteiger partial charge in [0.25, 0.3) is 0 Å². The van der Waals surface area contributed by atoms with E-state index in [0.717, 1.165) is 30.2 Å². The molecule has 0 aliphatic heterocycles. The van der Waals surface area contributed by atoms with Crippen LogP contribution in [-0.2, 0) is 0 Å². The largest absolute Gasteiger partial charge is 0.204 e. The first-order valence-electron chi connectivity index (χ1n) is 8.75. The Morgan fingerprint density at radius 3 is 2.23 bits per heavy atom. The monoisotopic (exact) mass is 304 g/mol. The Balaban J connectivity index is 1.48. The summed E-state index contributed by atoms with van der Waals surface area (Å²) >= 11 is 0. The molecule has 0 nitrogen and oxygen atoms in total. The summed E-state index contributed by atoms with van der Waals surface area (Å²) in [4.78, 5) is 0. The summed E-state index contributed by atoms with van der Waals surface area (Å²) in [5.41, 5.74) is 0.900. The molecule has 2 aliphatic carbocycles. The quantitative estimate of drug-likeness (QED) is 0.619. The van der Waals surface area contributed by atoms with E-state index in [4.69, 9.17) is 0 Å². The van der Waals surface area contributed by atoms with Gasteiger partial charge in [-0.15, -0.1) is 0 Å². The standard InChI is InChI=1S/C20H26F2/c1-14-2-4-15(5-3-14)12-16-6-8-17(9-7-16)18-10-11-19(21)20(22)13-18/h10-11,13-14,16H,2-9,12H2,1H3. The molecule has 0 atom stereocenters. The molecule has 2 saturated carbocycles. The highest BCUT2D eigenvalue weighted by atomic mass is 19.2. The highest BCUT2D eigenvalue weighted by molar-refractivity contribution is 5.32. The fourth-order valence-electron chi connectivity index (χ4n) is 4.02. The molecule has 2 fully saturated rings. The van der Waals surface area contributed by atoms with Crippen LogP contribution in [0.1, 0.15) is 70.3 Å². The molecule has 2 aliphatic rings. The van der Waals surface area contributed by atoms with Crippen LogP contribution in [0.3, 0.4) is 0 Å². The molecule has 0 saturated heterocycles. The molecule has 0 bridgehead atoms. The van der Waals surface area contributed by atoms with Crippen molar-refractivity contribution < 1.29 is 8.78 Å². The van der Waals surface area contributed by atoms with Gasteiger partial charge >= 0.3 is 0 Å². The average Bonchev–Trinajstić information content (AvgIpc) is 2.53. The highest BCUT2D eigenvalue weighted by Gasteiger charge is 2.27. The third-order valence-electron chi connectivity index (χ3n) is 5.60. The second-order valence-electron chi connectivity index (χ2n) is 7.31. The van der Waals surface area contributed by atoms with Crippen molar-refractivity contribution >= 4 is 0 Å². The molecule has 0 amide bonds. The number of halogens is 2. The van der Waals surface area contributed by atoms with Crippen LogP contribution < -0.4 is 0 Å². The lowest BCUT2D eigenvalue weighted by atomic mass is 9.72. The number of rotatable bonds is 3. The van der Waals surface area contributed by atoms with Crippen molar-refractivity contribution in [1.82, 2.24) is 0 Å². The van der Waals surface area contributed by atoms with Gasteiger partial charge in [-0.1, -0.05) is 25.8 Å². The minimum Gasteiger partial charge on any atom is -0.204 e. The second kappa shape index (κ2) is 7.10. The Morgan fingerprint density at radius 2 is 1.59 bits per heavy atom. The predicted molar refractivity (Wildman–Crippen MR) is 86.2 cm³/mol. The summed E-state index contributed by atoms with van der Waals surface area (Å²) in [5.74, 6) is 3.32. The normalized spacial score (nSPS) is 23.0. The van der Waals surface area contributed by atoms with E-state index < -0.39 is 11.6 Å². The molecule has 120 valence electrons. The molecule has 2 heteroatoms. The lowest BCUT2D eigenvalue weighted by Gasteiger charge is -2.33. The molecule has 1 aromatic rings. The molecule has 0 N–H and O–H groups in total. The van der Waals surface area contributed by atoms with E-state index in [1.165, 1.54) is 63.0 Å². The first-order chi connectivity index (χ1) is 10.6.